The maximum atomic E-state index is 5.57. The fourth-order valence-electron chi connectivity index (χ4n) is 1.24. The second-order valence-corrected chi connectivity index (χ2v) is 3.30. The third-order valence-electron chi connectivity index (χ3n) is 2.27. The molecule has 15 heavy (non-hydrogen) atoms. The van der Waals surface area contributed by atoms with E-state index < -0.39 is 6.48 Å². The molecule has 0 fully saturated rings. The first-order chi connectivity index (χ1) is 7.19. The average Bonchev–Trinajstić information content (AvgIpc) is 2.24. The van der Waals surface area contributed by atoms with E-state index in [2.05, 4.69) is 0 Å². The predicted molar refractivity (Wildman–Crippen MR) is 59.0 cm³/mol. The van der Waals surface area contributed by atoms with Crippen molar-refractivity contribution in [2.45, 2.75) is 27.2 Å². The monoisotopic (exact) mass is 210 g/mol. The Bertz CT molecular complexity index is 310. The third-order valence-corrected chi connectivity index (χ3v) is 2.27. The maximum Gasteiger partial charge on any atom is 0.315 e. The third kappa shape index (κ3) is 3.22. The Balaban J connectivity index is 2.74. The molecule has 0 bridgehead atoms. The standard InChI is InChI=1S/C12H18O3/c1-5-14-12(13-4)15-11-8-6-7-9(2)10(11)3/h6-8,12H,5H2,1-4H3. The molecule has 0 saturated carbocycles. The second kappa shape index (κ2) is 5.73. The van der Waals surface area contributed by atoms with E-state index in [1.165, 1.54) is 5.56 Å². The first-order valence-electron chi connectivity index (χ1n) is 5.06. The molecular formula is C12H18O3. The zero-order valence-corrected chi connectivity index (χ0v) is 9.74. The number of hydrogen-bond donors (Lipinski definition) is 0. The smallest absolute Gasteiger partial charge is 0.315 e. The van der Waals surface area contributed by atoms with Gasteiger partial charge >= 0.3 is 6.48 Å². The fraction of sp³-hybridized carbons (Fsp3) is 0.500. The van der Waals surface area contributed by atoms with Crippen molar-refractivity contribution in [3.8, 4) is 5.75 Å². The lowest BCUT2D eigenvalue weighted by Crippen LogP contribution is -2.23. The molecule has 1 aromatic rings. The Labute approximate surface area is 91.0 Å². The Morgan fingerprint density at radius 1 is 1.27 bits per heavy atom. The molecule has 1 rings (SSSR count). The topological polar surface area (TPSA) is 27.7 Å². The van der Waals surface area contributed by atoms with Crippen molar-refractivity contribution in [3.05, 3.63) is 29.3 Å². The van der Waals surface area contributed by atoms with Crippen LogP contribution in [-0.2, 0) is 9.47 Å². The van der Waals surface area contributed by atoms with Crippen molar-refractivity contribution in [2.75, 3.05) is 13.7 Å². The van der Waals surface area contributed by atoms with E-state index in [4.69, 9.17) is 14.2 Å². The summed E-state index contributed by atoms with van der Waals surface area (Å²) in [4.78, 5) is 0. The molecule has 1 aromatic carbocycles. The molecule has 0 saturated heterocycles. The zero-order valence-electron chi connectivity index (χ0n) is 9.74. The molecule has 0 amide bonds. The van der Waals surface area contributed by atoms with E-state index in [1.807, 2.05) is 39.0 Å². The van der Waals surface area contributed by atoms with E-state index >= 15 is 0 Å². The van der Waals surface area contributed by atoms with Crippen LogP contribution in [-0.4, -0.2) is 20.2 Å². The van der Waals surface area contributed by atoms with Crippen LogP contribution in [0.5, 0.6) is 5.75 Å². The van der Waals surface area contributed by atoms with E-state index in [-0.39, 0.29) is 0 Å². The van der Waals surface area contributed by atoms with Crippen LogP contribution in [0, 0.1) is 13.8 Å². The first-order valence-corrected chi connectivity index (χ1v) is 5.06. The van der Waals surface area contributed by atoms with Gasteiger partial charge in [0.2, 0.25) is 0 Å². The van der Waals surface area contributed by atoms with Crippen LogP contribution in [0.25, 0.3) is 0 Å². The second-order valence-electron chi connectivity index (χ2n) is 3.30. The van der Waals surface area contributed by atoms with Crippen LogP contribution in [0.2, 0.25) is 0 Å². The number of methoxy groups -OCH3 is 1. The van der Waals surface area contributed by atoms with Crippen molar-refractivity contribution < 1.29 is 14.2 Å². The van der Waals surface area contributed by atoms with Gasteiger partial charge in [0.1, 0.15) is 5.75 Å². The summed E-state index contributed by atoms with van der Waals surface area (Å²) < 4.78 is 15.9. The minimum atomic E-state index is -0.629. The highest BCUT2D eigenvalue weighted by molar-refractivity contribution is 5.38. The minimum absolute atomic E-state index is 0.559. The molecule has 1 unspecified atom stereocenters. The van der Waals surface area contributed by atoms with E-state index in [0.29, 0.717) is 6.61 Å². The van der Waals surface area contributed by atoms with E-state index in [0.717, 1.165) is 11.3 Å². The molecule has 0 heterocycles. The van der Waals surface area contributed by atoms with Gasteiger partial charge in [0, 0.05) is 7.11 Å². The number of rotatable bonds is 5. The molecule has 0 aliphatic rings. The molecule has 84 valence electrons. The van der Waals surface area contributed by atoms with Gasteiger partial charge in [-0.05, 0) is 38.0 Å². The summed E-state index contributed by atoms with van der Waals surface area (Å²) in [6.45, 7) is 5.89. The molecule has 1 atom stereocenters. The summed E-state index contributed by atoms with van der Waals surface area (Å²) >= 11 is 0. The predicted octanol–water partition coefficient (Wildman–Crippen LogP) is 2.65. The van der Waals surface area contributed by atoms with E-state index in [9.17, 15) is 0 Å². The van der Waals surface area contributed by atoms with Crippen LogP contribution in [0.1, 0.15) is 18.1 Å². The molecule has 0 aromatic heterocycles. The highest BCUT2D eigenvalue weighted by atomic mass is 16.8. The quantitative estimate of drug-likeness (QED) is 0.699. The normalized spacial score (nSPS) is 12.5. The van der Waals surface area contributed by atoms with Gasteiger partial charge in [-0.2, -0.15) is 0 Å². The van der Waals surface area contributed by atoms with Gasteiger partial charge in [0.25, 0.3) is 0 Å². The molecule has 0 N–H and O–H groups in total. The largest absolute Gasteiger partial charge is 0.441 e. The van der Waals surface area contributed by atoms with Crippen molar-refractivity contribution in [1.82, 2.24) is 0 Å². The van der Waals surface area contributed by atoms with Gasteiger partial charge in [-0.25, -0.2) is 0 Å². The van der Waals surface area contributed by atoms with Crippen LogP contribution in [0.15, 0.2) is 18.2 Å². The molecular weight excluding hydrogens is 192 g/mol. The lowest BCUT2D eigenvalue weighted by Gasteiger charge is -2.18. The van der Waals surface area contributed by atoms with Gasteiger partial charge in [-0.3, -0.25) is 0 Å². The maximum absolute atomic E-state index is 5.57. The Morgan fingerprint density at radius 2 is 2.00 bits per heavy atom. The Hall–Kier alpha value is -1.06. The van der Waals surface area contributed by atoms with Crippen molar-refractivity contribution in [3.63, 3.8) is 0 Å². The molecule has 0 spiro atoms. The summed E-state index contributed by atoms with van der Waals surface area (Å²) in [5.74, 6) is 0.801. The van der Waals surface area contributed by atoms with Gasteiger partial charge < -0.3 is 14.2 Å². The molecule has 0 aliphatic carbocycles. The number of hydrogen-bond acceptors (Lipinski definition) is 3. The van der Waals surface area contributed by atoms with Crippen molar-refractivity contribution in [2.24, 2.45) is 0 Å². The van der Waals surface area contributed by atoms with Crippen LogP contribution in [0.3, 0.4) is 0 Å². The first kappa shape index (κ1) is 12.0. The SMILES string of the molecule is CCOC(OC)Oc1cccc(C)c1C. The van der Waals surface area contributed by atoms with Gasteiger partial charge in [0.15, 0.2) is 0 Å². The van der Waals surface area contributed by atoms with Crippen LogP contribution in [0.4, 0.5) is 0 Å². The highest BCUT2D eigenvalue weighted by Gasteiger charge is 2.10. The highest BCUT2D eigenvalue weighted by Crippen LogP contribution is 2.22. The minimum Gasteiger partial charge on any atom is -0.441 e. The van der Waals surface area contributed by atoms with Gasteiger partial charge in [-0.1, -0.05) is 12.1 Å². The fourth-order valence-corrected chi connectivity index (χ4v) is 1.24. The summed E-state index contributed by atoms with van der Waals surface area (Å²) in [6, 6.07) is 5.91. The van der Waals surface area contributed by atoms with Crippen molar-refractivity contribution >= 4 is 0 Å². The van der Waals surface area contributed by atoms with Crippen LogP contribution < -0.4 is 4.74 Å². The number of benzene rings is 1. The lowest BCUT2D eigenvalue weighted by atomic mass is 10.1. The summed E-state index contributed by atoms with van der Waals surface area (Å²) in [5, 5.41) is 0. The van der Waals surface area contributed by atoms with Crippen molar-refractivity contribution in [1.29, 1.82) is 0 Å². The number of ether oxygens (including phenoxy) is 3. The van der Waals surface area contributed by atoms with E-state index in [1.54, 1.807) is 7.11 Å². The summed E-state index contributed by atoms with van der Waals surface area (Å²) in [5.41, 5.74) is 2.30. The Morgan fingerprint density at radius 3 is 2.60 bits per heavy atom. The summed E-state index contributed by atoms with van der Waals surface area (Å²) in [6.07, 6.45) is 0. The lowest BCUT2D eigenvalue weighted by molar-refractivity contribution is -0.231. The van der Waals surface area contributed by atoms with Gasteiger partial charge in [0.05, 0.1) is 6.61 Å². The summed E-state index contributed by atoms with van der Waals surface area (Å²) in [7, 11) is 1.56. The molecule has 3 nitrogen and oxygen atoms in total. The zero-order chi connectivity index (χ0) is 11.3. The number of aryl methyl sites for hydroxylation is 1. The van der Waals surface area contributed by atoms with Gasteiger partial charge in [-0.15, -0.1) is 0 Å². The molecule has 0 radical (unpaired) electrons. The van der Waals surface area contributed by atoms with Crippen LogP contribution >= 0.6 is 0 Å². The molecule has 0 aliphatic heterocycles. The molecule has 3 heteroatoms. The Kier molecular flexibility index (Phi) is 4.59. The average molecular weight is 210 g/mol.